The molecule has 0 atom stereocenters. The summed E-state index contributed by atoms with van der Waals surface area (Å²) < 4.78 is 5.01. The van der Waals surface area contributed by atoms with Crippen LogP contribution in [-0.4, -0.2) is 17.0 Å². The molecule has 0 saturated carbocycles. The first kappa shape index (κ1) is 17.4. The lowest BCUT2D eigenvalue weighted by atomic mass is 10.1. The van der Waals surface area contributed by atoms with Crippen LogP contribution in [0.15, 0.2) is 59.1 Å². The smallest absolute Gasteiger partial charge is 0.257 e. The lowest BCUT2D eigenvalue weighted by molar-refractivity contribution is 0.0948. The first-order chi connectivity index (χ1) is 12.5. The molecule has 0 saturated heterocycles. The highest BCUT2D eigenvalue weighted by atomic mass is 16.5. The van der Waals surface area contributed by atoms with Crippen LogP contribution in [-0.2, 0) is 6.54 Å². The maximum absolute atomic E-state index is 12.4. The molecule has 2 N–H and O–H groups in total. The summed E-state index contributed by atoms with van der Waals surface area (Å²) in [5.41, 5.74) is 3.08. The normalized spacial score (nSPS) is 10.4. The van der Waals surface area contributed by atoms with Crippen molar-refractivity contribution in [1.29, 1.82) is 0 Å². The second-order valence-corrected chi connectivity index (χ2v) is 5.90. The Kier molecular flexibility index (Phi) is 5.12. The number of rotatable bonds is 5. The molecule has 0 aliphatic rings. The van der Waals surface area contributed by atoms with E-state index in [0.717, 1.165) is 11.3 Å². The zero-order chi connectivity index (χ0) is 18.5. The molecule has 26 heavy (non-hydrogen) atoms. The summed E-state index contributed by atoms with van der Waals surface area (Å²) in [6.07, 6.45) is 0. The van der Waals surface area contributed by atoms with Gasteiger partial charge in [0.05, 0.1) is 5.69 Å². The van der Waals surface area contributed by atoms with Crippen molar-refractivity contribution >= 4 is 17.5 Å². The van der Waals surface area contributed by atoms with Crippen molar-refractivity contribution in [2.45, 2.75) is 20.4 Å². The predicted molar refractivity (Wildman–Crippen MR) is 98.0 cm³/mol. The van der Waals surface area contributed by atoms with Gasteiger partial charge in [0.1, 0.15) is 11.3 Å². The van der Waals surface area contributed by atoms with E-state index in [0.29, 0.717) is 29.1 Å². The van der Waals surface area contributed by atoms with Crippen molar-refractivity contribution in [3.05, 3.63) is 82.7 Å². The van der Waals surface area contributed by atoms with E-state index in [1.807, 2.05) is 36.4 Å². The molecule has 1 heterocycles. The second-order valence-electron chi connectivity index (χ2n) is 5.90. The van der Waals surface area contributed by atoms with Crippen LogP contribution < -0.4 is 10.6 Å². The standard InChI is InChI=1S/C20H19N3O3/c1-13-18(14(2)26-23-13)20(25)21-12-15-7-6-8-16(11-15)19(24)22-17-9-4-3-5-10-17/h3-11H,12H2,1-2H3,(H,21,25)(H,22,24). The van der Waals surface area contributed by atoms with E-state index in [-0.39, 0.29) is 11.8 Å². The van der Waals surface area contributed by atoms with Gasteiger partial charge in [-0.15, -0.1) is 0 Å². The molecule has 0 spiro atoms. The lowest BCUT2D eigenvalue weighted by Crippen LogP contribution is -2.24. The van der Waals surface area contributed by atoms with Crippen LogP contribution in [0.1, 0.15) is 37.7 Å². The Balaban J connectivity index is 1.66. The molecule has 6 nitrogen and oxygen atoms in total. The fourth-order valence-corrected chi connectivity index (χ4v) is 2.63. The summed E-state index contributed by atoms with van der Waals surface area (Å²) in [7, 11) is 0. The predicted octanol–water partition coefficient (Wildman–Crippen LogP) is 3.47. The molecular formula is C20H19N3O3. The number of aryl methyl sites for hydroxylation is 2. The number of amides is 2. The first-order valence-electron chi connectivity index (χ1n) is 8.21. The first-order valence-corrected chi connectivity index (χ1v) is 8.21. The molecule has 2 amide bonds. The summed E-state index contributed by atoms with van der Waals surface area (Å²) >= 11 is 0. The molecule has 0 fully saturated rings. The van der Waals surface area contributed by atoms with Gasteiger partial charge in [0.2, 0.25) is 0 Å². The highest BCUT2D eigenvalue weighted by Crippen LogP contribution is 2.13. The van der Waals surface area contributed by atoms with Gasteiger partial charge in [-0.2, -0.15) is 0 Å². The third-order valence-corrected chi connectivity index (χ3v) is 3.93. The van der Waals surface area contributed by atoms with Crippen molar-refractivity contribution < 1.29 is 14.1 Å². The summed E-state index contributed by atoms with van der Waals surface area (Å²) in [6, 6.07) is 16.4. The Bertz CT molecular complexity index is 913. The number of carbonyl (C=O) groups is 2. The maximum Gasteiger partial charge on any atom is 0.257 e. The van der Waals surface area contributed by atoms with Gasteiger partial charge in [-0.25, -0.2) is 0 Å². The Morgan fingerprint density at radius 2 is 1.77 bits per heavy atom. The van der Waals surface area contributed by atoms with Crippen LogP contribution in [0.3, 0.4) is 0 Å². The molecule has 0 bridgehead atoms. The monoisotopic (exact) mass is 349 g/mol. The van der Waals surface area contributed by atoms with Gasteiger partial charge in [-0.3, -0.25) is 9.59 Å². The number of carbonyl (C=O) groups excluding carboxylic acids is 2. The molecule has 132 valence electrons. The molecule has 6 heteroatoms. The van der Waals surface area contributed by atoms with Crippen molar-refractivity contribution in [3.63, 3.8) is 0 Å². The van der Waals surface area contributed by atoms with Gasteiger partial charge >= 0.3 is 0 Å². The van der Waals surface area contributed by atoms with Gasteiger partial charge < -0.3 is 15.2 Å². The number of anilines is 1. The molecule has 0 unspecified atom stereocenters. The van der Waals surface area contributed by atoms with E-state index in [4.69, 9.17) is 4.52 Å². The third kappa shape index (κ3) is 3.97. The highest BCUT2D eigenvalue weighted by Gasteiger charge is 2.17. The van der Waals surface area contributed by atoms with Crippen LogP contribution in [0.25, 0.3) is 0 Å². The Morgan fingerprint density at radius 3 is 2.46 bits per heavy atom. The van der Waals surface area contributed by atoms with Gasteiger partial charge in [-0.1, -0.05) is 35.5 Å². The fraction of sp³-hybridized carbons (Fsp3) is 0.150. The third-order valence-electron chi connectivity index (χ3n) is 3.93. The van der Waals surface area contributed by atoms with E-state index < -0.39 is 0 Å². The number of aromatic nitrogens is 1. The molecule has 0 aliphatic carbocycles. The number of nitrogens with zero attached hydrogens (tertiary/aromatic N) is 1. The Hall–Kier alpha value is -3.41. The Morgan fingerprint density at radius 1 is 1.00 bits per heavy atom. The lowest BCUT2D eigenvalue weighted by Gasteiger charge is -2.08. The molecule has 2 aromatic carbocycles. The molecular weight excluding hydrogens is 330 g/mol. The van der Waals surface area contributed by atoms with Crippen LogP contribution in [0.4, 0.5) is 5.69 Å². The van der Waals surface area contributed by atoms with Crippen molar-refractivity contribution in [2.24, 2.45) is 0 Å². The number of hydrogen-bond acceptors (Lipinski definition) is 4. The summed E-state index contributed by atoms with van der Waals surface area (Å²) in [5, 5.41) is 9.45. The average Bonchev–Trinajstić information content (AvgIpc) is 2.99. The molecule has 0 radical (unpaired) electrons. The van der Waals surface area contributed by atoms with E-state index in [9.17, 15) is 9.59 Å². The van der Waals surface area contributed by atoms with Crippen molar-refractivity contribution in [1.82, 2.24) is 10.5 Å². The van der Waals surface area contributed by atoms with Gasteiger partial charge in [0.25, 0.3) is 11.8 Å². The minimum Gasteiger partial charge on any atom is -0.361 e. The van der Waals surface area contributed by atoms with Crippen LogP contribution in [0, 0.1) is 13.8 Å². The van der Waals surface area contributed by atoms with Gasteiger partial charge in [0.15, 0.2) is 0 Å². The minimum atomic E-state index is -0.250. The van der Waals surface area contributed by atoms with Gasteiger partial charge in [0, 0.05) is 17.8 Å². The number of nitrogens with one attached hydrogen (secondary N) is 2. The average molecular weight is 349 g/mol. The maximum atomic E-state index is 12.4. The van der Waals surface area contributed by atoms with E-state index in [2.05, 4.69) is 15.8 Å². The van der Waals surface area contributed by atoms with Crippen LogP contribution in [0.2, 0.25) is 0 Å². The van der Waals surface area contributed by atoms with Gasteiger partial charge in [-0.05, 0) is 43.7 Å². The second kappa shape index (κ2) is 7.65. The highest BCUT2D eigenvalue weighted by molar-refractivity contribution is 6.04. The minimum absolute atomic E-state index is 0.199. The molecule has 0 aliphatic heterocycles. The fourth-order valence-electron chi connectivity index (χ4n) is 2.63. The number of hydrogen-bond donors (Lipinski definition) is 2. The molecule has 3 rings (SSSR count). The summed E-state index contributed by atoms with van der Waals surface area (Å²) in [6.45, 7) is 3.72. The summed E-state index contributed by atoms with van der Waals surface area (Å²) in [4.78, 5) is 24.7. The zero-order valence-corrected chi connectivity index (χ0v) is 14.6. The number of para-hydroxylation sites is 1. The van der Waals surface area contributed by atoms with E-state index >= 15 is 0 Å². The SMILES string of the molecule is Cc1noc(C)c1C(=O)NCc1cccc(C(=O)Nc2ccccc2)c1. The van der Waals surface area contributed by atoms with Crippen LogP contribution in [0.5, 0.6) is 0 Å². The van der Waals surface area contributed by atoms with Crippen molar-refractivity contribution in [3.8, 4) is 0 Å². The molecule has 1 aromatic heterocycles. The zero-order valence-electron chi connectivity index (χ0n) is 14.6. The summed E-state index contributed by atoms with van der Waals surface area (Å²) in [5.74, 6) is 0.0338. The van der Waals surface area contributed by atoms with Crippen molar-refractivity contribution in [2.75, 3.05) is 5.32 Å². The van der Waals surface area contributed by atoms with Crippen LogP contribution >= 0.6 is 0 Å². The Labute approximate surface area is 151 Å². The largest absolute Gasteiger partial charge is 0.361 e. The molecule has 3 aromatic rings. The number of benzene rings is 2. The van der Waals surface area contributed by atoms with E-state index in [1.54, 1.807) is 32.0 Å². The topological polar surface area (TPSA) is 84.2 Å². The van der Waals surface area contributed by atoms with E-state index in [1.165, 1.54) is 0 Å². The quantitative estimate of drug-likeness (QED) is 0.739.